The van der Waals surface area contributed by atoms with Crippen LogP contribution in [0.15, 0.2) is 48.8 Å². The number of aromatic nitrogens is 2. The summed E-state index contributed by atoms with van der Waals surface area (Å²) in [6.07, 6.45) is 6.56. The van der Waals surface area contributed by atoms with E-state index in [-0.39, 0.29) is 25.4 Å². The van der Waals surface area contributed by atoms with Gasteiger partial charge in [0.25, 0.3) is 5.92 Å². The number of hydrogen-bond acceptors (Lipinski definition) is 2. The summed E-state index contributed by atoms with van der Waals surface area (Å²) in [7, 11) is 0. The van der Waals surface area contributed by atoms with E-state index >= 15 is 0 Å². The Hall–Kier alpha value is -2.50. The largest absolute Gasteiger partial charge is 0.337 e. The van der Waals surface area contributed by atoms with Gasteiger partial charge in [0, 0.05) is 43.5 Å². The van der Waals surface area contributed by atoms with Gasteiger partial charge >= 0.3 is 0 Å². The third-order valence-electron chi connectivity index (χ3n) is 4.60. The lowest BCUT2D eigenvalue weighted by Gasteiger charge is -2.39. The van der Waals surface area contributed by atoms with Crippen LogP contribution in [0.4, 0.5) is 8.78 Å². The van der Waals surface area contributed by atoms with Gasteiger partial charge in [-0.15, -0.1) is 0 Å². The Morgan fingerprint density at radius 2 is 1.96 bits per heavy atom. The predicted molar refractivity (Wildman–Crippen MR) is 81.2 cm³/mol. The molecule has 2 aliphatic rings. The van der Waals surface area contributed by atoms with Crippen LogP contribution in [0.3, 0.4) is 0 Å². The molecular weight excluding hydrogens is 300 g/mol. The van der Waals surface area contributed by atoms with Gasteiger partial charge in [0.15, 0.2) is 0 Å². The van der Waals surface area contributed by atoms with Gasteiger partial charge in [-0.25, -0.2) is 13.5 Å². The Balaban J connectivity index is 1.47. The number of nitrogens with zero attached hydrogens (tertiary/aromatic N) is 3. The normalized spacial score (nSPS) is 20.7. The number of carbonyl (C=O) groups excluding carboxylic acids is 1. The van der Waals surface area contributed by atoms with Crippen LogP contribution in [0.2, 0.25) is 0 Å². The first-order valence-electron chi connectivity index (χ1n) is 7.45. The van der Waals surface area contributed by atoms with E-state index in [1.807, 2.05) is 36.5 Å². The summed E-state index contributed by atoms with van der Waals surface area (Å²) >= 11 is 0. The zero-order valence-corrected chi connectivity index (χ0v) is 12.3. The van der Waals surface area contributed by atoms with Crippen LogP contribution in [0.1, 0.15) is 12.0 Å². The zero-order chi connectivity index (χ0) is 16.1. The minimum absolute atomic E-state index is 0.0877. The molecule has 1 saturated heterocycles. The third kappa shape index (κ3) is 2.25. The molecule has 0 N–H and O–H groups in total. The molecule has 118 valence electrons. The van der Waals surface area contributed by atoms with Crippen molar-refractivity contribution in [2.45, 2.75) is 12.3 Å². The van der Waals surface area contributed by atoms with Gasteiger partial charge in [-0.2, -0.15) is 5.10 Å². The first-order valence-corrected chi connectivity index (χ1v) is 7.45. The lowest BCUT2D eigenvalue weighted by atomic mass is 9.96. The minimum Gasteiger partial charge on any atom is -0.337 e. The zero-order valence-electron chi connectivity index (χ0n) is 12.3. The molecule has 23 heavy (non-hydrogen) atoms. The van der Waals surface area contributed by atoms with E-state index < -0.39 is 11.3 Å². The highest BCUT2D eigenvalue weighted by Crippen LogP contribution is 2.65. The van der Waals surface area contributed by atoms with Gasteiger partial charge < -0.3 is 4.90 Å². The number of benzene rings is 1. The van der Waals surface area contributed by atoms with Gasteiger partial charge in [0.1, 0.15) is 0 Å². The molecule has 1 aromatic carbocycles. The van der Waals surface area contributed by atoms with Crippen LogP contribution in [-0.4, -0.2) is 39.6 Å². The molecule has 1 amide bonds. The smallest absolute Gasteiger partial charge is 0.258 e. The molecule has 2 aromatic rings. The van der Waals surface area contributed by atoms with Crippen LogP contribution in [0.5, 0.6) is 0 Å². The van der Waals surface area contributed by atoms with E-state index in [2.05, 4.69) is 5.10 Å². The molecule has 0 unspecified atom stereocenters. The molecule has 1 aliphatic heterocycles. The number of halogens is 2. The maximum Gasteiger partial charge on any atom is 0.258 e. The first-order chi connectivity index (χ1) is 11.0. The molecule has 6 heteroatoms. The van der Waals surface area contributed by atoms with E-state index in [9.17, 15) is 13.6 Å². The van der Waals surface area contributed by atoms with Crippen molar-refractivity contribution in [1.29, 1.82) is 0 Å². The standard InChI is InChI=1S/C17H15F2N3O/c18-17(19)10-16(17)11-21(12-16)15(23)7-6-13-4-1-2-5-14(13)22-9-3-8-20-22/h1-9H,10-12H2/b7-6+. The van der Waals surface area contributed by atoms with E-state index in [4.69, 9.17) is 0 Å². The maximum absolute atomic E-state index is 13.2. The Bertz CT molecular complexity index is 777. The highest BCUT2D eigenvalue weighted by molar-refractivity contribution is 5.93. The number of amides is 1. The van der Waals surface area contributed by atoms with E-state index in [0.717, 1.165) is 11.3 Å². The predicted octanol–water partition coefficient (Wildman–Crippen LogP) is 2.75. The molecule has 0 atom stereocenters. The quantitative estimate of drug-likeness (QED) is 0.817. The van der Waals surface area contributed by atoms with Crippen LogP contribution in [0.25, 0.3) is 11.8 Å². The van der Waals surface area contributed by atoms with Crippen molar-refractivity contribution >= 4 is 12.0 Å². The second-order valence-electron chi connectivity index (χ2n) is 6.20. The highest BCUT2D eigenvalue weighted by atomic mass is 19.3. The first kappa shape index (κ1) is 14.1. The van der Waals surface area contributed by atoms with E-state index in [0.29, 0.717) is 0 Å². The molecular formula is C17H15F2N3O. The number of likely N-dealkylation sites (tertiary alicyclic amines) is 1. The van der Waals surface area contributed by atoms with Crippen LogP contribution >= 0.6 is 0 Å². The summed E-state index contributed by atoms with van der Waals surface area (Å²) in [5, 5.41) is 4.18. The number of alkyl halides is 2. The van der Waals surface area contributed by atoms with Gasteiger partial charge in [-0.1, -0.05) is 18.2 Å². The fourth-order valence-corrected chi connectivity index (χ4v) is 3.08. The summed E-state index contributed by atoms with van der Waals surface area (Å²) in [6.45, 7) is 0.313. The number of rotatable bonds is 3. The van der Waals surface area contributed by atoms with Gasteiger partial charge in [-0.05, 0) is 18.2 Å². The maximum atomic E-state index is 13.2. The summed E-state index contributed by atoms with van der Waals surface area (Å²) in [4.78, 5) is 13.6. The van der Waals surface area contributed by atoms with Crippen molar-refractivity contribution in [2.75, 3.05) is 13.1 Å². The molecule has 1 aromatic heterocycles. The average molecular weight is 315 g/mol. The molecule has 0 bridgehead atoms. The molecule has 4 rings (SSSR count). The van der Waals surface area contributed by atoms with Crippen LogP contribution in [0, 0.1) is 5.41 Å². The summed E-state index contributed by atoms with van der Waals surface area (Å²) in [6, 6.07) is 9.37. The van der Waals surface area contributed by atoms with Crippen molar-refractivity contribution in [1.82, 2.24) is 14.7 Å². The third-order valence-corrected chi connectivity index (χ3v) is 4.60. The van der Waals surface area contributed by atoms with Gasteiger partial charge in [0.2, 0.25) is 5.91 Å². The average Bonchev–Trinajstić information content (AvgIpc) is 2.89. The van der Waals surface area contributed by atoms with Gasteiger partial charge in [0.05, 0.1) is 11.1 Å². The van der Waals surface area contributed by atoms with Crippen LogP contribution < -0.4 is 0 Å². The second-order valence-corrected chi connectivity index (χ2v) is 6.20. The summed E-state index contributed by atoms with van der Waals surface area (Å²) in [5.74, 6) is -2.81. The van der Waals surface area contributed by atoms with Crippen molar-refractivity contribution in [3.05, 3.63) is 54.4 Å². The monoisotopic (exact) mass is 315 g/mol. The Labute approximate surface area is 132 Å². The van der Waals surface area contributed by atoms with E-state index in [1.54, 1.807) is 17.0 Å². The number of para-hydroxylation sites is 1. The van der Waals surface area contributed by atoms with Crippen molar-refractivity contribution in [2.24, 2.45) is 5.41 Å². The number of carbonyl (C=O) groups is 1. The van der Waals surface area contributed by atoms with E-state index in [1.165, 1.54) is 11.0 Å². The summed E-state index contributed by atoms with van der Waals surface area (Å²) in [5.41, 5.74) is 0.774. The number of hydrogen-bond donors (Lipinski definition) is 0. The minimum atomic E-state index is -2.58. The van der Waals surface area contributed by atoms with Crippen LogP contribution in [-0.2, 0) is 4.79 Å². The molecule has 2 fully saturated rings. The second kappa shape index (κ2) is 4.75. The molecule has 2 heterocycles. The molecule has 1 spiro atoms. The van der Waals surface area contributed by atoms with Crippen molar-refractivity contribution in [3.8, 4) is 5.69 Å². The van der Waals surface area contributed by atoms with Crippen molar-refractivity contribution < 1.29 is 13.6 Å². The molecule has 1 aliphatic carbocycles. The fraction of sp³-hybridized carbons (Fsp3) is 0.294. The SMILES string of the molecule is O=C(/C=C/c1ccccc1-n1cccn1)N1CC2(C1)CC2(F)F. The molecule has 4 nitrogen and oxygen atoms in total. The Morgan fingerprint density at radius 1 is 1.22 bits per heavy atom. The summed E-state index contributed by atoms with van der Waals surface area (Å²) < 4.78 is 28.0. The van der Waals surface area contributed by atoms with Gasteiger partial charge in [-0.3, -0.25) is 4.79 Å². The topological polar surface area (TPSA) is 38.1 Å². The Kier molecular flexibility index (Phi) is 2.91. The lowest BCUT2D eigenvalue weighted by molar-refractivity contribution is -0.136. The lowest BCUT2D eigenvalue weighted by Crippen LogP contribution is -2.53. The fourth-order valence-electron chi connectivity index (χ4n) is 3.08. The Morgan fingerprint density at radius 3 is 2.61 bits per heavy atom. The molecule has 0 radical (unpaired) electrons. The highest BCUT2D eigenvalue weighted by Gasteiger charge is 2.76. The molecule has 1 saturated carbocycles. The van der Waals surface area contributed by atoms with Crippen molar-refractivity contribution in [3.63, 3.8) is 0 Å².